The van der Waals surface area contributed by atoms with Crippen LogP contribution >= 0.6 is 34.8 Å². The Kier molecular flexibility index (Phi) is 7.49. The van der Waals surface area contributed by atoms with Gasteiger partial charge in [-0.2, -0.15) is 0 Å². The van der Waals surface area contributed by atoms with Gasteiger partial charge in [-0.05, 0) is 84.9 Å². The third kappa shape index (κ3) is 5.17. The molecule has 0 radical (unpaired) electrons. The molecule has 5 aromatic rings. The SMILES string of the molecule is COc1ccc(N(CC(O)Cn2c3ccc(Cl)cc3c3cc(Cl)ccc32)S(=O)(=O)c2ccc(Cl)cc2)cc1. The van der Waals surface area contributed by atoms with Crippen LogP contribution in [0.3, 0.4) is 0 Å². The number of aliphatic hydroxyl groups is 1. The van der Waals surface area contributed by atoms with Gasteiger partial charge in [0.2, 0.25) is 0 Å². The molecule has 0 saturated carbocycles. The Morgan fingerprint density at radius 1 is 0.816 bits per heavy atom. The highest BCUT2D eigenvalue weighted by Crippen LogP contribution is 2.34. The molecule has 0 bridgehead atoms. The number of ether oxygens (including phenoxy) is 1. The largest absolute Gasteiger partial charge is 0.497 e. The van der Waals surface area contributed by atoms with Crippen molar-refractivity contribution in [2.45, 2.75) is 17.5 Å². The maximum atomic E-state index is 13.7. The van der Waals surface area contributed by atoms with E-state index in [0.29, 0.717) is 26.5 Å². The molecule has 1 atom stereocenters. The van der Waals surface area contributed by atoms with Crippen LogP contribution in [0, 0.1) is 0 Å². The zero-order valence-electron chi connectivity index (χ0n) is 20.2. The number of aliphatic hydroxyl groups excluding tert-OH is 1. The van der Waals surface area contributed by atoms with Crippen LogP contribution in [0.25, 0.3) is 21.8 Å². The summed E-state index contributed by atoms with van der Waals surface area (Å²) in [4.78, 5) is 0.0612. The molecule has 0 spiro atoms. The fourth-order valence-electron chi connectivity index (χ4n) is 4.53. The molecule has 196 valence electrons. The van der Waals surface area contributed by atoms with Gasteiger partial charge in [-0.25, -0.2) is 8.42 Å². The first kappa shape index (κ1) is 26.7. The van der Waals surface area contributed by atoms with Gasteiger partial charge in [0.1, 0.15) is 5.75 Å². The highest BCUT2D eigenvalue weighted by molar-refractivity contribution is 7.92. The third-order valence-corrected chi connectivity index (χ3v) is 8.85. The number of nitrogens with zero attached hydrogens (tertiary/aromatic N) is 2. The fourth-order valence-corrected chi connectivity index (χ4v) is 6.50. The Hall–Kier alpha value is -2.94. The van der Waals surface area contributed by atoms with Gasteiger partial charge in [-0.1, -0.05) is 34.8 Å². The first-order valence-electron chi connectivity index (χ1n) is 11.6. The van der Waals surface area contributed by atoms with E-state index in [1.807, 2.05) is 28.8 Å². The first-order valence-corrected chi connectivity index (χ1v) is 14.2. The van der Waals surface area contributed by atoms with Crippen molar-refractivity contribution in [1.29, 1.82) is 0 Å². The highest BCUT2D eigenvalue weighted by Gasteiger charge is 2.28. The lowest BCUT2D eigenvalue weighted by Gasteiger charge is -2.27. The summed E-state index contributed by atoms with van der Waals surface area (Å²) in [6, 6.07) is 23.6. The van der Waals surface area contributed by atoms with E-state index >= 15 is 0 Å². The fraction of sp³-hybridized carbons (Fsp3) is 0.143. The second kappa shape index (κ2) is 10.7. The number of methoxy groups -OCH3 is 1. The van der Waals surface area contributed by atoms with Crippen molar-refractivity contribution in [3.05, 3.63) is 100.0 Å². The summed E-state index contributed by atoms with van der Waals surface area (Å²) in [5, 5.41) is 14.7. The maximum absolute atomic E-state index is 13.7. The van der Waals surface area contributed by atoms with E-state index in [1.165, 1.54) is 35.7 Å². The number of anilines is 1. The third-order valence-electron chi connectivity index (χ3n) is 6.32. The Bertz CT molecular complexity index is 1660. The van der Waals surface area contributed by atoms with Gasteiger partial charge in [0.05, 0.1) is 36.9 Å². The molecular weight excluding hydrogens is 567 g/mol. The Labute approximate surface area is 235 Å². The topological polar surface area (TPSA) is 71.8 Å². The minimum Gasteiger partial charge on any atom is -0.497 e. The minimum absolute atomic E-state index is 0.0612. The Morgan fingerprint density at radius 2 is 1.34 bits per heavy atom. The molecule has 0 aliphatic rings. The smallest absolute Gasteiger partial charge is 0.264 e. The van der Waals surface area contributed by atoms with Crippen molar-refractivity contribution in [3.8, 4) is 5.75 Å². The van der Waals surface area contributed by atoms with E-state index in [1.54, 1.807) is 36.4 Å². The number of hydrogen-bond donors (Lipinski definition) is 1. The molecule has 0 fully saturated rings. The van der Waals surface area contributed by atoms with Crippen molar-refractivity contribution in [2.75, 3.05) is 18.0 Å². The van der Waals surface area contributed by atoms with E-state index in [9.17, 15) is 13.5 Å². The summed E-state index contributed by atoms with van der Waals surface area (Å²) in [6.07, 6.45) is -1.07. The molecule has 6 nitrogen and oxygen atoms in total. The van der Waals surface area contributed by atoms with E-state index in [-0.39, 0.29) is 18.0 Å². The maximum Gasteiger partial charge on any atom is 0.264 e. The van der Waals surface area contributed by atoms with Crippen molar-refractivity contribution in [3.63, 3.8) is 0 Å². The minimum atomic E-state index is -4.03. The van der Waals surface area contributed by atoms with Gasteiger partial charge in [0, 0.05) is 36.9 Å². The lowest BCUT2D eigenvalue weighted by Crippen LogP contribution is -2.39. The van der Waals surface area contributed by atoms with E-state index in [4.69, 9.17) is 39.5 Å². The summed E-state index contributed by atoms with van der Waals surface area (Å²) in [5.41, 5.74) is 2.09. The van der Waals surface area contributed by atoms with Crippen LogP contribution in [0.5, 0.6) is 5.75 Å². The second-order valence-corrected chi connectivity index (χ2v) is 11.9. The predicted molar refractivity (Wildman–Crippen MR) is 154 cm³/mol. The molecule has 5 rings (SSSR count). The van der Waals surface area contributed by atoms with Gasteiger partial charge in [0.15, 0.2) is 0 Å². The van der Waals surface area contributed by atoms with Crippen LogP contribution in [0.4, 0.5) is 5.69 Å². The lowest BCUT2D eigenvalue weighted by atomic mass is 10.1. The molecule has 1 aromatic heterocycles. The van der Waals surface area contributed by atoms with Crippen molar-refractivity contribution >= 4 is 72.3 Å². The predicted octanol–water partition coefficient (Wildman–Crippen LogP) is 7.02. The standard InChI is InChI=1S/C28H23Cl3N2O4S/c1-37-23-8-6-21(7-9-23)33(38(35,36)24-10-2-18(29)3-11-24)17-22(34)16-32-27-12-4-19(30)14-25(27)26-15-20(31)5-13-28(26)32/h2-15,22,34H,16-17H2,1H3. The molecule has 38 heavy (non-hydrogen) atoms. The van der Waals surface area contributed by atoms with Gasteiger partial charge >= 0.3 is 0 Å². The summed E-state index contributed by atoms with van der Waals surface area (Å²) >= 11 is 18.5. The average Bonchev–Trinajstić information content (AvgIpc) is 3.19. The number of sulfonamides is 1. The highest BCUT2D eigenvalue weighted by atomic mass is 35.5. The Morgan fingerprint density at radius 3 is 1.87 bits per heavy atom. The molecule has 1 N–H and O–H groups in total. The normalized spacial score (nSPS) is 12.7. The van der Waals surface area contributed by atoms with Crippen LogP contribution < -0.4 is 9.04 Å². The van der Waals surface area contributed by atoms with E-state index < -0.39 is 16.1 Å². The number of aromatic nitrogens is 1. The summed E-state index contributed by atoms with van der Waals surface area (Å²) in [7, 11) is -2.50. The van der Waals surface area contributed by atoms with Gasteiger partial charge < -0.3 is 14.4 Å². The van der Waals surface area contributed by atoms with E-state index in [2.05, 4.69) is 0 Å². The number of fused-ring (bicyclic) bond motifs is 3. The lowest BCUT2D eigenvalue weighted by molar-refractivity contribution is 0.166. The van der Waals surface area contributed by atoms with Crippen LogP contribution in [0.1, 0.15) is 0 Å². The van der Waals surface area contributed by atoms with Crippen LogP contribution in [0.2, 0.25) is 15.1 Å². The summed E-state index contributed by atoms with van der Waals surface area (Å²) in [5.74, 6) is 0.584. The molecule has 4 aromatic carbocycles. The number of halogens is 3. The van der Waals surface area contributed by atoms with Crippen molar-refractivity contribution in [1.82, 2.24) is 4.57 Å². The molecule has 1 unspecified atom stereocenters. The summed E-state index contributed by atoms with van der Waals surface area (Å²) < 4.78 is 35.9. The Balaban J connectivity index is 1.54. The van der Waals surface area contributed by atoms with E-state index in [0.717, 1.165) is 21.8 Å². The molecule has 10 heteroatoms. The number of benzene rings is 4. The van der Waals surface area contributed by atoms with Gasteiger partial charge in [-0.3, -0.25) is 4.31 Å². The average molecular weight is 590 g/mol. The van der Waals surface area contributed by atoms with Crippen molar-refractivity contribution in [2.24, 2.45) is 0 Å². The van der Waals surface area contributed by atoms with Crippen molar-refractivity contribution < 1.29 is 18.3 Å². The van der Waals surface area contributed by atoms with Crippen LogP contribution in [-0.2, 0) is 16.6 Å². The van der Waals surface area contributed by atoms with Gasteiger partial charge in [-0.15, -0.1) is 0 Å². The molecule has 0 aliphatic heterocycles. The number of hydrogen-bond acceptors (Lipinski definition) is 4. The quantitative estimate of drug-likeness (QED) is 0.211. The van der Waals surface area contributed by atoms with Gasteiger partial charge in [0.25, 0.3) is 10.0 Å². The van der Waals surface area contributed by atoms with Crippen LogP contribution in [-0.4, -0.2) is 37.8 Å². The zero-order chi connectivity index (χ0) is 27.0. The second-order valence-electron chi connectivity index (χ2n) is 8.78. The molecular formula is C28H23Cl3N2O4S. The first-order chi connectivity index (χ1) is 18.2. The summed E-state index contributed by atoms with van der Waals surface area (Å²) in [6.45, 7) is -0.0638. The molecule has 0 aliphatic carbocycles. The molecule has 0 amide bonds. The van der Waals surface area contributed by atoms with Crippen LogP contribution in [0.15, 0.2) is 89.8 Å². The zero-order valence-corrected chi connectivity index (χ0v) is 23.3. The molecule has 1 heterocycles. The number of rotatable bonds is 8. The molecule has 0 saturated heterocycles. The monoisotopic (exact) mass is 588 g/mol.